The highest BCUT2D eigenvalue weighted by atomic mass is 14.9. The molecule has 0 amide bonds. The summed E-state index contributed by atoms with van der Waals surface area (Å²) in [6, 6.07) is 0.338. The molecule has 3 heteroatoms. The molecule has 0 bridgehead atoms. The van der Waals surface area contributed by atoms with Crippen molar-refractivity contribution in [2.75, 3.05) is 13.1 Å². The van der Waals surface area contributed by atoms with E-state index in [9.17, 15) is 0 Å². The van der Waals surface area contributed by atoms with Crippen molar-refractivity contribution in [3.8, 4) is 0 Å². The van der Waals surface area contributed by atoms with Gasteiger partial charge in [-0.25, -0.2) is 0 Å². The lowest BCUT2D eigenvalue weighted by atomic mass is 9.70. The highest BCUT2D eigenvalue weighted by molar-refractivity contribution is 5.54. The maximum Gasteiger partial charge on any atom is 0.0661 e. The highest BCUT2D eigenvalue weighted by Crippen LogP contribution is 2.45. The van der Waals surface area contributed by atoms with Crippen molar-refractivity contribution in [1.82, 2.24) is 10.6 Å². The molecule has 0 aromatic heterocycles. The molecule has 4 atom stereocenters. The number of fused-ring (bicyclic) bond motifs is 1. The summed E-state index contributed by atoms with van der Waals surface area (Å²) in [7, 11) is 0. The molecule has 1 aliphatic heterocycles. The van der Waals surface area contributed by atoms with E-state index in [2.05, 4.69) is 118 Å². The number of nitrogens with two attached hydrogens (primary N) is 1. The molecule has 0 spiro atoms. The minimum absolute atomic E-state index is 0.338. The van der Waals surface area contributed by atoms with Crippen molar-refractivity contribution in [2.24, 2.45) is 23.5 Å². The van der Waals surface area contributed by atoms with Crippen LogP contribution in [0, 0.1) is 17.8 Å². The molecule has 0 radical (unpaired) electrons. The Hall–Kier alpha value is -3.04. The van der Waals surface area contributed by atoms with E-state index < -0.39 is 0 Å². The number of hydrogen-bond donors (Lipinski definition) is 3. The standard InChI is InChI=1S/C41H59N3/c1-6-30(3)27-33(7-2)16-14-17-34(28-42)35(29-44-36-18-9-8-10-19-36)23-22-31(4)37-24-25-38(40-21-11-12-26-43-40)39-20-13-15-32(5)41(37)39/h8-9,11-12,14,16-18,21-23,26,30,32-33,40,43-44H,6-7,10,13,15,19-20,24-25,27-29,42H2,1-5H3/b16-14+,31-22+,34-17+,35-23+. The normalized spacial score (nSPS) is 24.4. The Morgan fingerprint density at radius 3 is 2.61 bits per heavy atom. The maximum absolute atomic E-state index is 6.43. The van der Waals surface area contributed by atoms with Crippen LogP contribution in [0.3, 0.4) is 0 Å². The minimum atomic E-state index is 0.338. The Kier molecular flexibility index (Phi) is 13.4. The van der Waals surface area contributed by atoms with E-state index in [1.165, 1.54) is 60.9 Å². The maximum atomic E-state index is 6.43. The van der Waals surface area contributed by atoms with Gasteiger partial charge < -0.3 is 16.4 Å². The van der Waals surface area contributed by atoms with Gasteiger partial charge in [-0.05, 0) is 140 Å². The number of allylic oxidation sites excluding steroid dienone is 15. The van der Waals surface area contributed by atoms with Crippen LogP contribution in [0.15, 0.2) is 118 Å². The lowest BCUT2D eigenvalue weighted by Gasteiger charge is -2.36. The van der Waals surface area contributed by atoms with E-state index in [-0.39, 0.29) is 0 Å². The third kappa shape index (κ3) is 9.24. The summed E-state index contributed by atoms with van der Waals surface area (Å²) >= 11 is 0. The van der Waals surface area contributed by atoms with Gasteiger partial charge in [-0.3, -0.25) is 0 Å². The number of hydrogen-bond acceptors (Lipinski definition) is 3. The zero-order chi connectivity index (χ0) is 31.3. The smallest absolute Gasteiger partial charge is 0.0661 e. The second kappa shape index (κ2) is 17.4. The summed E-state index contributed by atoms with van der Waals surface area (Å²) in [4.78, 5) is 0. The molecule has 4 aliphatic rings. The lowest BCUT2D eigenvalue weighted by molar-refractivity contribution is 0.427. The molecule has 0 aromatic carbocycles. The largest absolute Gasteiger partial charge is 0.384 e. The molecule has 1 heterocycles. The van der Waals surface area contributed by atoms with Crippen molar-refractivity contribution in [3.63, 3.8) is 0 Å². The lowest BCUT2D eigenvalue weighted by Crippen LogP contribution is -2.30. The molecule has 44 heavy (non-hydrogen) atoms. The topological polar surface area (TPSA) is 50.1 Å². The van der Waals surface area contributed by atoms with Gasteiger partial charge in [-0.2, -0.15) is 0 Å². The SMILES string of the molecule is CCC(C)CC(/C=C/C=C(CN)/C(=C/C=C(\C)C1=C2C(=C(C3C=CC=CN3)CC1)CCCC2C)CNC1=CC=CCC1)CC. The summed E-state index contributed by atoms with van der Waals surface area (Å²) < 4.78 is 0. The summed E-state index contributed by atoms with van der Waals surface area (Å²) in [5.74, 6) is 1.99. The first kappa shape index (κ1) is 33.8. The Morgan fingerprint density at radius 1 is 1.05 bits per heavy atom. The van der Waals surface area contributed by atoms with Crippen molar-refractivity contribution in [3.05, 3.63) is 118 Å². The summed E-state index contributed by atoms with van der Waals surface area (Å²) in [6.07, 6.45) is 38.9. The molecule has 0 saturated heterocycles. The van der Waals surface area contributed by atoms with Gasteiger partial charge in [0.25, 0.3) is 0 Å². The molecule has 1 saturated carbocycles. The molecular weight excluding hydrogens is 534 g/mol. The first-order valence-electron chi connectivity index (χ1n) is 17.5. The van der Waals surface area contributed by atoms with Gasteiger partial charge in [0.1, 0.15) is 0 Å². The number of rotatable bonds is 14. The average Bonchev–Trinajstić information content (AvgIpc) is 3.06. The summed E-state index contributed by atoms with van der Waals surface area (Å²) in [5, 5.41) is 7.34. The second-order valence-electron chi connectivity index (χ2n) is 13.3. The molecule has 4 N–H and O–H groups in total. The van der Waals surface area contributed by atoms with Crippen LogP contribution in [0.4, 0.5) is 0 Å². The molecule has 0 aromatic rings. The first-order valence-corrected chi connectivity index (χ1v) is 17.5. The second-order valence-corrected chi connectivity index (χ2v) is 13.3. The third-order valence-electron chi connectivity index (χ3n) is 10.2. The van der Waals surface area contributed by atoms with Gasteiger partial charge in [-0.1, -0.05) is 88.8 Å². The fourth-order valence-corrected chi connectivity index (χ4v) is 7.20. The quantitative estimate of drug-likeness (QED) is 0.176. The van der Waals surface area contributed by atoms with E-state index >= 15 is 0 Å². The van der Waals surface area contributed by atoms with Gasteiger partial charge in [-0.15, -0.1) is 0 Å². The minimum Gasteiger partial charge on any atom is -0.384 e. The average molecular weight is 594 g/mol. The Bertz CT molecular complexity index is 1290. The molecular formula is C41H59N3. The van der Waals surface area contributed by atoms with Crippen LogP contribution < -0.4 is 16.4 Å². The zero-order valence-electron chi connectivity index (χ0n) is 28.3. The van der Waals surface area contributed by atoms with E-state index in [1.807, 2.05) is 0 Å². The Balaban J connectivity index is 1.65. The van der Waals surface area contributed by atoms with Gasteiger partial charge in [0.15, 0.2) is 0 Å². The van der Waals surface area contributed by atoms with Crippen LogP contribution in [0.2, 0.25) is 0 Å². The van der Waals surface area contributed by atoms with Crippen LogP contribution >= 0.6 is 0 Å². The van der Waals surface area contributed by atoms with Crippen molar-refractivity contribution in [1.29, 1.82) is 0 Å². The molecule has 4 rings (SSSR count). The molecule has 1 fully saturated rings. The van der Waals surface area contributed by atoms with E-state index in [0.717, 1.165) is 38.1 Å². The van der Waals surface area contributed by atoms with Crippen LogP contribution in [-0.4, -0.2) is 19.1 Å². The number of nitrogens with one attached hydrogen (secondary N) is 2. The van der Waals surface area contributed by atoms with Crippen molar-refractivity contribution >= 4 is 0 Å². The van der Waals surface area contributed by atoms with Gasteiger partial charge in [0.2, 0.25) is 0 Å². The predicted octanol–water partition coefficient (Wildman–Crippen LogP) is 9.83. The highest BCUT2D eigenvalue weighted by Gasteiger charge is 2.31. The Labute approximate surface area is 269 Å². The predicted molar refractivity (Wildman–Crippen MR) is 192 cm³/mol. The number of dihydropyridines is 1. The summed E-state index contributed by atoms with van der Waals surface area (Å²) in [6.45, 7) is 13.1. The molecule has 3 nitrogen and oxygen atoms in total. The summed E-state index contributed by atoms with van der Waals surface area (Å²) in [5.41, 5.74) is 18.1. The Morgan fingerprint density at radius 2 is 1.91 bits per heavy atom. The third-order valence-corrected chi connectivity index (χ3v) is 10.2. The monoisotopic (exact) mass is 593 g/mol. The fraction of sp³-hybridized carbons (Fsp3) is 0.512. The van der Waals surface area contributed by atoms with Crippen LogP contribution in [0.1, 0.15) is 98.8 Å². The van der Waals surface area contributed by atoms with Gasteiger partial charge in [0, 0.05) is 18.8 Å². The van der Waals surface area contributed by atoms with Crippen LogP contribution in [0.25, 0.3) is 0 Å². The van der Waals surface area contributed by atoms with E-state index in [4.69, 9.17) is 5.73 Å². The molecule has 238 valence electrons. The first-order chi connectivity index (χ1) is 21.4. The van der Waals surface area contributed by atoms with Crippen LogP contribution in [-0.2, 0) is 0 Å². The van der Waals surface area contributed by atoms with Gasteiger partial charge >= 0.3 is 0 Å². The fourth-order valence-electron chi connectivity index (χ4n) is 7.20. The molecule has 4 unspecified atom stereocenters. The molecule has 3 aliphatic carbocycles. The van der Waals surface area contributed by atoms with Gasteiger partial charge in [0.05, 0.1) is 6.04 Å². The van der Waals surface area contributed by atoms with Crippen molar-refractivity contribution in [2.45, 2.75) is 105 Å². The van der Waals surface area contributed by atoms with Crippen molar-refractivity contribution < 1.29 is 0 Å². The zero-order valence-corrected chi connectivity index (χ0v) is 28.3. The van der Waals surface area contributed by atoms with Crippen LogP contribution in [0.5, 0.6) is 0 Å². The van der Waals surface area contributed by atoms with E-state index in [0.29, 0.717) is 24.4 Å². The van der Waals surface area contributed by atoms with E-state index in [1.54, 1.807) is 22.3 Å².